The van der Waals surface area contributed by atoms with Gasteiger partial charge in [-0.1, -0.05) is 60.7 Å². The van der Waals surface area contributed by atoms with Gasteiger partial charge in [-0.2, -0.15) is 0 Å². The van der Waals surface area contributed by atoms with Gasteiger partial charge in [0.1, 0.15) is 5.56 Å². The largest absolute Gasteiger partial charge is 0.392 e. The summed E-state index contributed by atoms with van der Waals surface area (Å²) in [5.41, 5.74) is 3.10. The fourth-order valence-corrected chi connectivity index (χ4v) is 6.61. The molecule has 264 valence electrons. The summed E-state index contributed by atoms with van der Waals surface area (Å²) in [6.45, 7) is 2.04. The number of halogens is 5. The number of hydrogen-bond acceptors (Lipinski definition) is 6. The lowest BCUT2D eigenvalue weighted by molar-refractivity contribution is -0.253. The molecule has 2 fully saturated rings. The lowest BCUT2D eigenvalue weighted by Gasteiger charge is -2.39. The summed E-state index contributed by atoms with van der Waals surface area (Å²) in [7, 11) is 1.71. The molecule has 6 rings (SSSR count). The number of aliphatic hydroxyl groups is 1. The van der Waals surface area contributed by atoms with E-state index in [1.54, 1.807) is 25.3 Å². The number of rotatable bonds is 11. The molecule has 2 saturated heterocycles. The molecule has 2 heterocycles. The van der Waals surface area contributed by atoms with Crippen LogP contribution in [0, 0.1) is 29.1 Å². The van der Waals surface area contributed by atoms with Crippen LogP contribution in [-0.4, -0.2) is 54.9 Å². The van der Waals surface area contributed by atoms with Crippen molar-refractivity contribution in [2.24, 2.45) is 0 Å². The van der Waals surface area contributed by atoms with Crippen molar-refractivity contribution in [2.45, 2.75) is 57.0 Å². The Balaban J connectivity index is 1.21. The summed E-state index contributed by atoms with van der Waals surface area (Å²) >= 11 is 0. The Hall–Kier alpha value is -4.20. The minimum absolute atomic E-state index is 0.0539. The van der Waals surface area contributed by atoms with Crippen molar-refractivity contribution in [3.8, 4) is 11.1 Å². The Kier molecular flexibility index (Phi) is 11.2. The van der Waals surface area contributed by atoms with Crippen molar-refractivity contribution in [3.63, 3.8) is 0 Å². The van der Waals surface area contributed by atoms with E-state index in [2.05, 4.69) is 10.2 Å². The molecule has 1 amide bonds. The van der Waals surface area contributed by atoms with Gasteiger partial charge in [0, 0.05) is 38.2 Å². The zero-order valence-electron chi connectivity index (χ0n) is 27.3. The zero-order chi connectivity index (χ0) is 35.4. The highest BCUT2D eigenvalue weighted by Crippen LogP contribution is 2.39. The van der Waals surface area contributed by atoms with Crippen LogP contribution in [0.15, 0.2) is 72.8 Å². The van der Waals surface area contributed by atoms with Crippen molar-refractivity contribution < 1.29 is 46.1 Å². The standard InChI is InChI=1S/C38H37F5N2O5/c1-48-21-28-9-4-14-45(28)19-29-17-30(24-12-10-22(20-46)11-13-24)50-38(49-29)27-8-3-7-26(16-27)25-6-2-5-23(15-25)18-44-37(47)31-32(39)34(41)36(43)35(42)33(31)40/h2-3,5-8,10-13,15-16,28-30,38,46H,4,9,14,17-21H2,1H3,(H,44,47). The number of nitrogens with zero attached hydrogens (tertiary/aromatic N) is 1. The monoisotopic (exact) mass is 696 g/mol. The molecular weight excluding hydrogens is 659 g/mol. The summed E-state index contributed by atoms with van der Waals surface area (Å²) in [6.07, 6.45) is 1.71. The predicted molar refractivity (Wildman–Crippen MR) is 174 cm³/mol. The molecule has 2 aliphatic heterocycles. The third-order valence-corrected chi connectivity index (χ3v) is 9.22. The third-order valence-electron chi connectivity index (χ3n) is 9.22. The zero-order valence-corrected chi connectivity index (χ0v) is 27.3. The molecule has 0 bridgehead atoms. The van der Waals surface area contributed by atoms with E-state index in [1.165, 1.54) is 0 Å². The van der Waals surface area contributed by atoms with Crippen LogP contribution in [0.3, 0.4) is 0 Å². The van der Waals surface area contributed by atoms with Crippen LogP contribution < -0.4 is 5.32 Å². The molecule has 0 spiro atoms. The molecule has 2 N–H and O–H groups in total. The minimum Gasteiger partial charge on any atom is -0.392 e. The SMILES string of the molecule is COCC1CCCN1CC1CC(c2ccc(CO)cc2)OC(c2cccc(-c3cccc(CNC(=O)c4c(F)c(F)c(F)c(F)c4F)c3)c2)O1. The van der Waals surface area contributed by atoms with Crippen LogP contribution in [0.5, 0.6) is 0 Å². The smallest absolute Gasteiger partial charge is 0.257 e. The molecule has 0 aliphatic carbocycles. The third kappa shape index (κ3) is 7.74. The summed E-state index contributed by atoms with van der Waals surface area (Å²) in [5.74, 6) is -12.5. The number of benzene rings is 4. The number of hydrogen-bond donors (Lipinski definition) is 2. The van der Waals surface area contributed by atoms with Crippen LogP contribution in [-0.2, 0) is 27.4 Å². The first-order chi connectivity index (χ1) is 24.2. The maximum atomic E-state index is 14.2. The Morgan fingerprint density at radius 3 is 2.24 bits per heavy atom. The molecule has 4 unspecified atom stereocenters. The number of amides is 1. The van der Waals surface area contributed by atoms with Gasteiger partial charge in [-0.25, -0.2) is 22.0 Å². The maximum Gasteiger partial charge on any atom is 0.257 e. The highest BCUT2D eigenvalue weighted by atomic mass is 19.2. The molecular formula is C38H37F5N2O5. The Morgan fingerprint density at radius 2 is 1.54 bits per heavy atom. The number of aliphatic hydroxyl groups excluding tert-OH is 1. The second-order valence-corrected chi connectivity index (χ2v) is 12.5. The van der Waals surface area contributed by atoms with Gasteiger partial charge in [0.2, 0.25) is 5.82 Å². The molecule has 4 aromatic rings. The Bertz CT molecular complexity index is 1800. The fraction of sp³-hybridized carbons (Fsp3) is 0.342. The fourth-order valence-electron chi connectivity index (χ4n) is 6.61. The molecule has 0 radical (unpaired) electrons. The van der Waals surface area contributed by atoms with Crippen molar-refractivity contribution >= 4 is 5.91 Å². The lowest BCUT2D eigenvalue weighted by Crippen LogP contribution is -2.42. The molecule has 4 atom stereocenters. The average molecular weight is 697 g/mol. The number of likely N-dealkylation sites (tertiary alicyclic amines) is 1. The predicted octanol–water partition coefficient (Wildman–Crippen LogP) is 7.13. The molecule has 4 aromatic carbocycles. The summed E-state index contributed by atoms with van der Waals surface area (Å²) in [5, 5.41) is 11.8. The minimum atomic E-state index is -2.33. The van der Waals surface area contributed by atoms with E-state index in [4.69, 9.17) is 14.2 Å². The van der Waals surface area contributed by atoms with Crippen molar-refractivity contribution in [3.05, 3.63) is 130 Å². The van der Waals surface area contributed by atoms with Gasteiger partial charge in [0.15, 0.2) is 29.6 Å². The van der Waals surface area contributed by atoms with Crippen LogP contribution in [0.1, 0.15) is 64.3 Å². The maximum absolute atomic E-state index is 14.2. The van der Waals surface area contributed by atoms with Crippen LogP contribution >= 0.6 is 0 Å². The molecule has 7 nitrogen and oxygen atoms in total. The summed E-state index contributed by atoms with van der Waals surface area (Å²) in [4.78, 5) is 14.9. The van der Waals surface area contributed by atoms with Crippen molar-refractivity contribution in [1.82, 2.24) is 10.2 Å². The van der Waals surface area contributed by atoms with Gasteiger partial charge in [0.05, 0.1) is 25.4 Å². The average Bonchev–Trinajstić information content (AvgIpc) is 3.58. The second kappa shape index (κ2) is 15.8. The quantitative estimate of drug-likeness (QED) is 0.0988. The molecule has 2 aliphatic rings. The van der Waals surface area contributed by atoms with Gasteiger partial charge >= 0.3 is 0 Å². The van der Waals surface area contributed by atoms with E-state index in [9.17, 15) is 31.9 Å². The first-order valence-electron chi connectivity index (χ1n) is 16.4. The first-order valence-corrected chi connectivity index (χ1v) is 16.4. The normalized spacial score (nSPS) is 21.0. The van der Waals surface area contributed by atoms with E-state index in [-0.39, 0.29) is 25.4 Å². The van der Waals surface area contributed by atoms with Crippen LogP contribution in [0.2, 0.25) is 0 Å². The second-order valence-electron chi connectivity index (χ2n) is 12.5. The molecule has 0 saturated carbocycles. The number of carbonyl (C=O) groups is 1. The van der Waals surface area contributed by atoms with E-state index >= 15 is 0 Å². The van der Waals surface area contributed by atoms with Crippen molar-refractivity contribution in [2.75, 3.05) is 26.8 Å². The van der Waals surface area contributed by atoms with Crippen LogP contribution in [0.25, 0.3) is 11.1 Å². The number of methoxy groups -OCH3 is 1. The van der Waals surface area contributed by atoms with E-state index in [0.29, 0.717) is 24.6 Å². The van der Waals surface area contributed by atoms with Gasteiger partial charge in [0.25, 0.3) is 5.91 Å². The summed E-state index contributed by atoms with van der Waals surface area (Å²) in [6, 6.07) is 22.6. The highest BCUT2D eigenvalue weighted by Gasteiger charge is 2.36. The van der Waals surface area contributed by atoms with Gasteiger partial charge in [-0.3, -0.25) is 9.69 Å². The number of nitrogens with one attached hydrogen (secondary N) is 1. The Morgan fingerprint density at radius 1 is 0.860 bits per heavy atom. The van der Waals surface area contributed by atoms with E-state index in [1.807, 2.05) is 54.6 Å². The lowest BCUT2D eigenvalue weighted by atomic mass is 9.98. The molecule has 12 heteroatoms. The summed E-state index contributed by atoms with van der Waals surface area (Å²) < 4.78 is 87.7. The van der Waals surface area contributed by atoms with E-state index in [0.717, 1.165) is 53.7 Å². The van der Waals surface area contributed by atoms with Gasteiger partial charge < -0.3 is 24.6 Å². The highest BCUT2D eigenvalue weighted by molar-refractivity contribution is 5.94. The van der Waals surface area contributed by atoms with Gasteiger partial charge in [-0.15, -0.1) is 0 Å². The number of carbonyl (C=O) groups excluding carboxylic acids is 1. The Labute approximate surface area is 286 Å². The number of ether oxygens (including phenoxy) is 3. The van der Waals surface area contributed by atoms with Crippen molar-refractivity contribution in [1.29, 1.82) is 0 Å². The van der Waals surface area contributed by atoms with E-state index < -0.39 is 46.8 Å². The van der Waals surface area contributed by atoms with Gasteiger partial charge in [-0.05, 0) is 59.3 Å². The molecule has 50 heavy (non-hydrogen) atoms. The first kappa shape index (κ1) is 35.6. The topological polar surface area (TPSA) is 80.3 Å². The molecule has 0 aromatic heterocycles. The van der Waals surface area contributed by atoms with Crippen LogP contribution in [0.4, 0.5) is 22.0 Å².